The van der Waals surface area contributed by atoms with Gasteiger partial charge in [-0.3, -0.25) is 4.79 Å². The molecule has 106 valence electrons. The number of nitrogens with zero attached hydrogens (tertiary/aromatic N) is 2. The Hall–Kier alpha value is -1.44. The zero-order valence-electron chi connectivity index (χ0n) is 10.6. The number of carbonyl (C=O) groups excluding carboxylic acids is 1. The van der Waals surface area contributed by atoms with E-state index in [1.54, 1.807) is 18.6 Å². The molecule has 1 amide bonds. The van der Waals surface area contributed by atoms with E-state index in [4.69, 9.17) is 0 Å². The Bertz CT molecular complexity index is 764. The molecule has 0 bridgehead atoms. The molecule has 0 saturated carbocycles. The van der Waals surface area contributed by atoms with Gasteiger partial charge in [0.2, 0.25) is 0 Å². The number of aromatic nitrogens is 2. The van der Waals surface area contributed by atoms with E-state index in [0.29, 0.717) is 4.88 Å². The third-order valence-electron chi connectivity index (χ3n) is 2.80. The Labute approximate surface area is 142 Å². The van der Waals surface area contributed by atoms with Crippen molar-refractivity contribution in [3.63, 3.8) is 0 Å². The predicted octanol–water partition coefficient (Wildman–Crippen LogP) is 4.71. The van der Waals surface area contributed by atoms with Crippen LogP contribution in [0.25, 0.3) is 5.69 Å². The van der Waals surface area contributed by atoms with Crippen molar-refractivity contribution in [3.8, 4) is 5.69 Å². The van der Waals surface area contributed by atoms with Gasteiger partial charge in [-0.15, -0.1) is 11.3 Å². The van der Waals surface area contributed by atoms with Crippen LogP contribution >= 0.6 is 43.2 Å². The summed E-state index contributed by atoms with van der Waals surface area (Å²) in [6, 6.07) is 9.39. The van der Waals surface area contributed by atoms with Crippen LogP contribution in [-0.4, -0.2) is 15.5 Å². The zero-order chi connectivity index (χ0) is 14.8. The lowest BCUT2D eigenvalue weighted by atomic mass is 10.2. The van der Waals surface area contributed by atoms with Crippen LogP contribution < -0.4 is 5.32 Å². The highest BCUT2D eigenvalue weighted by molar-refractivity contribution is 9.13. The van der Waals surface area contributed by atoms with Gasteiger partial charge in [0.05, 0.1) is 26.4 Å². The Morgan fingerprint density at radius 3 is 2.76 bits per heavy atom. The molecular weight excluding hydrogens is 418 g/mol. The fourth-order valence-corrected chi connectivity index (χ4v) is 3.78. The van der Waals surface area contributed by atoms with E-state index in [-0.39, 0.29) is 5.91 Å². The van der Waals surface area contributed by atoms with Crippen molar-refractivity contribution < 1.29 is 4.79 Å². The highest BCUT2D eigenvalue weighted by atomic mass is 79.9. The molecule has 0 fully saturated rings. The first-order valence-electron chi connectivity index (χ1n) is 5.98. The first-order valence-corrected chi connectivity index (χ1v) is 8.39. The van der Waals surface area contributed by atoms with Crippen molar-refractivity contribution in [2.45, 2.75) is 0 Å². The number of carbonyl (C=O) groups is 1. The first kappa shape index (κ1) is 14.5. The average molecular weight is 427 g/mol. The van der Waals surface area contributed by atoms with Gasteiger partial charge in [-0.1, -0.05) is 12.1 Å². The van der Waals surface area contributed by atoms with Gasteiger partial charge in [0.25, 0.3) is 5.91 Å². The Kier molecular flexibility index (Phi) is 4.23. The van der Waals surface area contributed by atoms with E-state index in [1.165, 1.54) is 11.3 Å². The zero-order valence-corrected chi connectivity index (χ0v) is 14.6. The van der Waals surface area contributed by atoms with E-state index in [1.807, 2.05) is 35.0 Å². The minimum Gasteiger partial charge on any atom is -0.319 e. The summed E-state index contributed by atoms with van der Waals surface area (Å²) in [5.74, 6) is -0.140. The second-order valence-electron chi connectivity index (χ2n) is 4.17. The molecule has 0 radical (unpaired) electrons. The Balaban J connectivity index is 1.90. The van der Waals surface area contributed by atoms with Crippen molar-refractivity contribution in [2.75, 3.05) is 5.32 Å². The number of rotatable bonds is 3. The number of benzene rings is 1. The molecule has 3 rings (SSSR count). The Morgan fingerprint density at radius 2 is 2.10 bits per heavy atom. The molecule has 2 aromatic heterocycles. The molecule has 0 aliphatic carbocycles. The number of hydrogen-bond donors (Lipinski definition) is 1. The molecule has 1 N–H and O–H groups in total. The maximum Gasteiger partial charge on any atom is 0.265 e. The third kappa shape index (κ3) is 3.09. The summed E-state index contributed by atoms with van der Waals surface area (Å²) in [4.78, 5) is 17.0. The molecule has 4 nitrogen and oxygen atoms in total. The molecule has 0 aliphatic rings. The van der Waals surface area contributed by atoms with Crippen LogP contribution in [0.3, 0.4) is 0 Å². The molecular formula is C14H9Br2N3OS. The Morgan fingerprint density at radius 1 is 1.29 bits per heavy atom. The van der Waals surface area contributed by atoms with E-state index < -0.39 is 0 Å². The second kappa shape index (κ2) is 6.13. The lowest BCUT2D eigenvalue weighted by molar-refractivity contribution is 0.103. The van der Waals surface area contributed by atoms with Gasteiger partial charge in [0.15, 0.2) is 0 Å². The fourth-order valence-electron chi connectivity index (χ4n) is 1.85. The molecule has 0 spiro atoms. The number of thiophene rings is 1. The highest BCUT2D eigenvalue weighted by Crippen LogP contribution is 2.33. The number of nitrogens with one attached hydrogen (secondary N) is 1. The van der Waals surface area contributed by atoms with E-state index in [0.717, 1.165) is 19.6 Å². The number of anilines is 1. The van der Waals surface area contributed by atoms with Crippen LogP contribution in [0.5, 0.6) is 0 Å². The average Bonchev–Trinajstić information content (AvgIpc) is 3.10. The number of para-hydroxylation sites is 2. The molecule has 0 unspecified atom stereocenters. The number of halogens is 2. The van der Waals surface area contributed by atoms with E-state index in [2.05, 4.69) is 42.2 Å². The van der Waals surface area contributed by atoms with Crippen LogP contribution in [0, 0.1) is 0 Å². The summed E-state index contributed by atoms with van der Waals surface area (Å²) >= 11 is 8.17. The molecule has 21 heavy (non-hydrogen) atoms. The van der Waals surface area contributed by atoms with Crippen LogP contribution in [0.1, 0.15) is 9.67 Å². The van der Waals surface area contributed by atoms with Crippen molar-refractivity contribution in [3.05, 3.63) is 62.2 Å². The molecule has 0 aliphatic heterocycles. The predicted molar refractivity (Wildman–Crippen MR) is 91.2 cm³/mol. The lowest BCUT2D eigenvalue weighted by Gasteiger charge is -2.10. The summed E-state index contributed by atoms with van der Waals surface area (Å²) in [5.41, 5.74) is 1.61. The summed E-state index contributed by atoms with van der Waals surface area (Å²) in [6.07, 6.45) is 5.23. The van der Waals surface area contributed by atoms with E-state index in [9.17, 15) is 4.79 Å². The van der Waals surface area contributed by atoms with Crippen LogP contribution in [-0.2, 0) is 0 Å². The number of hydrogen-bond acceptors (Lipinski definition) is 3. The maximum atomic E-state index is 12.3. The summed E-state index contributed by atoms with van der Waals surface area (Å²) < 4.78 is 3.63. The third-order valence-corrected chi connectivity index (χ3v) is 6.06. The van der Waals surface area contributed by atoms with Crippen molar-refractivity contribution in [1.82, 2.24) is 9.55 Å². The minimum atomic E-state index is -0.140. The SMILES string of the molecule is O=C(Nc1ccccc1-n1ccnc1)c1cc(Br)c(Br)s1. The summed E-state index contributed by atoms with van der Waals surface area (Å²) in [7, 11) is 0. The molecule has 0 saturated heterocycles. The van der Waals surface area contributed by atoms with Crippen molar-refractivity contribution in [2.24, 2.45) is 0 Å². The highest BCUT2D eigenvalue weighted by Gasteiger charge is 2.14. The molecule has 1 aromatic carbocycles. The molecule has 2 heterocycles. The number of imidazole rings is 1. The van der Waals surface area contributed by atoms with Gasteiger partial charge < -0.3 is 9.88 Å². The monoisotopic (exact) mass is 425 g/mol. The maximum absolute atomic E-state index is 12.3. The lowest BCUT2D eigenvalue weighted by Crippen LogP contribution is -2.12. The topological polar surface area (TPSA) is 46.9 Å². The largest absolute Gasteiger partial charge is 0.319 e. The van der Waals surface area contributed by atoms with Crippen molar-refractivity contribution >= 4 is 54.8 Å². The van der Waals surface area contributed by atoms with Gasteiger partial charge in [0, 0.05) is 16.9 Å². The van der Waals surface area contributed by atoms with E-state index >= 15 is 0 Å². The minimum absolute atomic E-state index is 0.140. The van der Waals surface area contributed by atoms with Gasteiger partial charge in [-0.25, -0.2) is 4.98 Å². The quantitative estimate of drug-likeness (QED) is 0.659. The smallest absolute Gasteiger partial charge is 0.265 e. The van der Waals surface area contributed by atoms with Crippen LogP contribution in [0.2, 0.25) is 0 Å². The molecule has 7 heteroatoms. The van der Waals surface area contributed by atoms with Gasteiger partial charge in [0.1, 0.15) is 0 Å². The van der Waals surface area contributed by atoms with Crippen molar-refractivity contribution in [1.29, 1.82) is 0 Å². The second-order valence-corrected chi connectivity index (χ2v) is 7.40. The fraction of sp³-hybridized carbons (Fsp3) is 0. The standard InChI is InChI=1S/C14H9Br2N3OS/c15-9-7-12(21-13(9)16)14(20)18-10-3-1-2-4-11(10)19-6-5-17-8-19/h1-8H,(H,18,20). The van der Waals surface area contributed by atoms with Crippen LogP contribution in [0.4, 0.5) is 5.69 Å². The number of amides is 1. The van der Waals surface area contributed by atoms with Gasteiger partial charge in [-0.2, -0.15) is 0 Å². The van der Waals surface area contributed by atoms with Gasteiger partial charge >= 0.3 is 0 Å². The normalized spacial score (nSPS) is 10.6. The van der Waals surface area contributed by atoms with Gasteiger partial charge in [-0.05, 0) is 50.1 Å². The van der Waals surface area contributed by atoms with Crippen LogP contribution in [0.15, 0.2) is 57.3 Å². The first-order chi connectivity index (χ1) is 10.1. The molecule has 0 atom stereocenters. The molecule has 3 aromatic rings. The summed E-state index contributed by atoms with van der Waals surface area (Å²) in [6.45, 7) is 0. The summed E-state index contributed by atoms with van der Waals surface area (Å²) in [5, 5.41) is 2.94.